The molecule has 0 saturated heterocycles. The lowest BCUT2D eigenvalue weighted by atomic mass is 10.1. The van der Waals surface area contributed by atoms with Gasteiger partial charge >= 0.3 is 5.97 Å². The van der Waals surface area contributed by atoms with Gasteiger partial charge in [0, 0.05) is 11.8 Å². The highest BCUT2D eigenvalue weighted by Gasteiger charge is 2.07. The predicted molar refractivity (Wildman–Crippen MR) is 59.2 cm³/mol. The molecule has 4 heteroatoms. The average molecular weight is 214 g/mol. The number of rotatable bonds is 2. The Kier molecular flexibility index (Phi) is 2.64. The lowest BCUT2D eigenvalue weighted by molar-refractivity contribution is 0.0683. The van der Waals surface area contributed by atoms with Crippen LogP contribution in [-0.2, 0) is 0 Å². The summed E-state index contributed by atoms with van der Waals surface area (Å²) in [5.41, 5.74) is 2.62. The van der Waals surface area contributed by atoms with Crippen LogP contribution in [0.4, 0.5) is 0 Å². The summed E-state index contributed by atoms with van der Waals surface area (Å²) in [4.78, 5) is 18.4. The molecule has 0 aliphatic carbocycles. The van der Waals surface area contributed by atoms with Crippen LogP contribution in [0.3, 0.4) is 0 Å². The Morgan fingerprint density at radius 2 is 2.12 bits per heavy atom. The van der Waals surface area contributed by atoms with E-state index in [0.717, 1.165) is 11.1 Å². The normalized spacial score (nSPS) is 10.1. The van der Waals surface area contributed by atoms with Gasteiger partial charge in [-0.05, 0) is 19.1 Å². The standard InChI is InChI=1S/C12H10N2O2/c1-8-3-2-4-9(7-8)10-5-6-13-11(14-10)12(15)16/h2-7H,1H3,(H,15,16). The second kappa shape index (κ2) is 4.10. The minimum Gasteiger partial charge on any atom is -0.475 e. The third kappa shape index (κ3) is 2.06. The number of hydrogen-bond acceptors (Lipinski definition) is 3. The molecule has 2 rings (SSSR count). The molecular weight excluding hydrogens is 204 g/mol. The highest BCUT2D eigenvalue weighted by atomic mass is 16.4. The van der Waals surface area contributed by atoms with Crippen molar-refractivity contribution in [2.24, 2.45) is 0 Å². The molecule has 0 aliphatic heterocycles. The van der Waals surface area contributed by atoms with Crippen LogP contribution in [0.15, 0.2) is 36.5 Å². The second-order valence-corrected chi connectivity index (χ2v) is 3.44. The summed E-state index contributed by atoms with van der Waals surface area (Å²) in [6, 6.07) is 9.42. The van der Waals surface area contributed by atoms with Crippen molar-refractivity contribution in [2.75, 3.05) is 0 Å². The molecule has 1 N–H and O–H groups in total. The zero-order valence-corrected chi connectivity index (χ0v) is 8.71. The van der Waals surface area contributed by atoms with E-state index in [4.69, 9.17) is 5.11 Å². The molecule has 0 spiro atoms. The van der Waals surface area contributed by atoms with Crippen molar-refractivity contribution >= 4 is 5.97 Å². The van der Waals surface area contributed by atoms with E-state index in [0.29, 0.717) is 5.69 Å². The van der Waals surface area contributed by atoms with Crippen LogP contribution in [-0.4, -0.2) is 21.0 Å². The monoisotopic (exact) mass is 214 g/mol. The fraction of sp³-hybridized carbons (Fsp3) is 0.0833. The molecule has 0 fully saturated rings. The molecule has 2 aromatic rings. The van der Waals surface area contributed by atoms with E-state index in [1.54, 1.807) is 6.07 Å². The summed E-state index contributed by atoms with van der Waals surface area (Å²) in [5.74, 6) is -1.30. The van der Waals surface area contributed by atoms with Crippen molar-refractivity contribution in [1.82, 2.24) is 9.97 Å². The van der Waals surface area contributed by atoms with Crippen molar-refractivity contribution in [2.45, 2.75) is 6.92 Å². The first kappa shape index (κ1) is 10.3. The average Bonchev–Trinajstić information content (AvgIpc) is 2.29. The largest absolute Gasteiger partial charge is 0.475 e. The van der Waals surface area contributed by atoms with E-state index in [2.05, 4.69) is 9.97 Å². The van der Waals surface area contributed by atoms with E-state index in [9.17, 15) is 4.79 Å². The van der Waals surface area contributed by atoms with Crippen LogP contribution >= 0.6 is 0 Å². The molecule has 80 valence electrons. The first-order valence-electron chi connectivity index (χ1n) is 4.80. The van der Waals surface area contributed by atoms with Gasteiger partial charge in [0.15, 0.2) is 0 Å². The van der Waals surface area contributed by atoms with Crippen LogP contribution in [0.1, 0.15) is 16.2 Å². The van der Waals surface area contributed by atoms with Crippen LogP contribution in [0.5, 0.6) is 0 Å². The lowest BCUT2D eigenvalue weighted by Gasteiger charge is -2.02. The Labute approximate surface area is 92.6 Å². The number of benzene rings is 1. The Morgan fingerprint density at radius 3 is 2.81 bits per heavy atom. The van der Waals surface area contributed by atoms with Crippen LogP contribution in [0.2, 0.25) is 0 Å². The Morgan fingerprint density at radius 1 is 1.31 bits per heavy atom. The number of hydrogen-bond donors (Lipinski definition) is 1. The first-order chi connectivity index (χ1) is 7.66. The summed E-state index contributed by atoms with van der Waals surface area (Å²) in [6.45, 7) is 1.97. The fourth-order valence-corrected chi connectivity index (χ4v) is 1.43. The third-order valence-corrected chi connectivity index (χ3v) is 2.16. The quantitative estimate of drug-likeness (QED) is 0.831. The van der Waals surface area contributed by atoms with Gasteiger partial charge in [-0.15, -0.1) is 0 Å². The molecule has 1 aromatic carbocycles. The van der Waals surface area contributed by atoms with Gasteiger partial charge in [-0.2, -0.15) is 0 Å². The molecule has 0 unspecified atom stereocenters. The molecule has 1 aromatic heterocycles. The zero-order valence-electron chi connectivity index (χ0n) is 8.71. The van der Waals surface area contributed by atoms with Crippen molar-refractivity contribution in [3.8, 4) is 11.3 Å². The van der Waals surface area contributed by atoms with Gasteiger partial charge < -0.3 is 5.11 Å². The number of aromatic nitrogens is 2. The zero-order chi connectivity index (χ0) is 11.5. The summed E-state index contributed by atoms with van der Waals surface area (Å²) in [5, 5.41) is 8.79. The van der Waals surface area contributed by atoms with E-state index >= 15 is 0 Å². The Bertz CT molecular complexity index is 538. The molecule has 16 heavy (non-hydrogen) atoms. The number of aromatic carboxylic acids is 1. The van der Waals surface area contributed by atoms with Gasteiger partial charge in [0.1, 0.15) is 0 Å². The maximum absolute atomic E-state index is 10.7. The van der Waals surface area contributed by atoms with Gasteiger partial charge in [0.2, 0.25) is 5.82 Å². The maximum Gasteiger partial charge on any atom is 0.373 e. The van der Waals surface area contributed by atoms with Crippen molar-refractivity contribution in [1.29, 1.82) is 0 Å². The van der Waals surface area contributed by atoms with Crippen LogP contribution in [0.25, 0.3) is 11.3 Å². The molecule has 0 bridgehead atoms. The van der Waals surface area contributed by atoms with Crippen LogP contribution in [0, 0.1) is 6.92 Å². The van der Waals surface area contributed by atoms with Crippen molar-refractivity contribution < 1.29 is 9.90 Å². The predicted octanol–water partition coefficient (Wildman–Crippen LogP) is 2.15. The van der Waals surface area contributed by atoms with E-state index in [1.165, 1.54) is 6.20 Å². The molecule has 0 radical (unpaired) electrons. The van der Waals surface area contributed by atoms with Crippen LogP contribution < -0.4 is 0 Å². The Balaban J connectivity index is 2.48. The van der Waals surface area contributed by atoms with E-state index in [1.807, 2.05) is 31.2 Å². The molecule has 0 atom stereocenters. The SMILES string of the molecule is Cc1cccc(-c2ccnc(C(=O)O)n2)c1. The highest BCUT2D eigenvalue weighted by Crippen LogP contribution is 2.17. The summed E-state index contributed by atoms with van der Waals surface area (Å²) in [6.07, 6.45) is 1.45. The number of nitrogens with zero attached hydrogens (tertiary/aromatic N) is 2. The number of carbonyl (C=O) groups is 1. The third-order valence-electron chi connectivity index (χ3n) is 2.16. The minimum absolute atomic E-state index is 0.181. The molecule has 1 heterocycles. The summed E-state index contributed by atoms with van der Waals surface area (Å²) >= 11 is 0. The topological polar surface area (TPSA) is 63.1 Å². The van der Waals surface area contributed by atoms with E-state index < -0.39 is 5.97 Å². The van der Waals surface area contributed by atoms with Gasteiger partial charge in [-0.3, -0.25) is 0 Å². The number of aryl methyl sites for hydroxylation is 1. The van der Waals surface area contributed by atoms with E-state index in [-0.39, 0.29) is 5.82 Å². The molecule has 0 amide bonds. The molecule has 4 nitrogen and oxygen atoms in total. The highest BCUT2D eigenvalue weighted by molar-refractivity contribution is 5.83. The second-order valence-electron chi connectivity index (χ2n) is 3.44. The fourth-order valence-electron chi connectivity index (χ4n) is 1.43. The van der Waals surface area contributed by atoms with Gasteiger partial charge in [0.25, 0.3) is 0 Å². The van der Waals surface area contributed by atoms with Gasteiger partial charge in [-0.25, -0.2) is 14.8 Å². The van der Waals surface area contributed by atoms with Crippen molar-refractivity contribution in [3.05, 3.63) is 47.9 Å². The molecule has 0 saturated carbocycles. The lowest BCUT2D eigenvalue weighted by Crippen LogP contribution is -2.04. The smallest absolute Gasteiger partial charge is 0.373 e. The summed E-state index contributed by atoms with van der Waals surface area (Å²) < 4.78 is 0. The molecule has 0 aliphatic rings. The Hall–Kier alpha value is -2.23. The first-order valence-corrected chi connectivity index (χ1v) is 4.80. The van der Waals surface area contributed by atoms with Crippen molar-refractivity contribution in [3.63, 3.8) is 0 Å². The maximum atomic E-state index is 10.7. The number of carboxylic acid groups (broad SMARTS) is 1. The minimum atomic E-state index is -1.12. The molecular formula is C12H10N2O2. The number of carboxylic acids is 1. The van der Waals surface area contributed by atoms with Gasteiger partial charge in [-0.1, -0.05) is 23.8 Å². The van der Waals surface area contributed by atoms with Gasteiger partial charge in [0.05, 0.1) is 5.69 Å². The summed E-state index contributed by atoms with van der Waals surface area (Å²) in [7, 11) is 0.